The number of hydrogen-bond acceptors (Lipinski definition) is 28. The molecule has 1 spiro atoms. The molecule has 0 aromatic carbocycles. The Labute approximate surface area is 315 Å². The second-order valence-corrected chi connectivity index (χ2v) is 23.2. The summed E-state index contributed by atoms with van der Waals surface area (Å²) in [6, 6.07) is 0. The summed E-state index contributed by atoms with van der Waals surface area (Å²) in [7, 11) is 0. The normalized spacial score (nSPS) is 30.3. The average Bonchev–Trinajstić information content (AvgIpc) is 2.95. The molecule has 0 unspecified atom stereocenters. The fourth-order valence-corrected chi connectivity index (χ4v) is 15.5. The quantitative estimate of drug-likeness (QED) is 0.223. The molecule has 4 bridgehead atoms. The molecule has 0 aromatic heterocycles. The van der Waals surface area contributed by atoms with E-state index in [0.717, 1.165) is 19.6 Å². The Morgan fingerprint density at radius 2 is 0.600 bits per heavy atom. The molecule has 0 amide bonds. The van der Waals surface area contributed by atoms with E-state index in [-0.39, 0.29) is 0 Å². The molecular weight excluding hydrogens is 946 g/mol. The number of carbonyl (C=O) groups is 12. The summed E-state index contributed by atoms with van der Waals surface area (Å²) in [4.78, 5) is 154. The van der Waals surface area contributed by atoms with Gasteiger partial charge in [-0.25, -0.2) is 0 Å². The van der Waals surface area contributed by atoms with Crippen LogP contribution in [0.2, 0.25) is 0 Å². The van der Waals surface area contributed by atoms with Crippen molar-refractivity contribution >= 4 is 115 Å². The van der Waals surface area contributed by atoms with Gasteiger partial charge in [0, 0.05) is 0 Å². The maximum atomic E-state index is 12.9. The van der Waals surface area contributed by atoms with Gasteiger partial charge in [-0.1, -0.05) is 0 Å². The zero-order chi connectivity index (χ0) is 39.7. The van der Waals surface area contributed by atoms with Crippen molar-refractivity contribution < 1.29 is 103 Å². The van der Waals surface area contributed by atoms with Crippen LogP contribution in [-0.4, -0.2) is 214 Å². The zero-order valence-electron chi connectivity index (χ0n) is 27.6. The first-order chi connectivity index (χ1) is 25.9. The molecule has 0 N–H and O–H groups in total. The van der Waals surface area contributed by atoms with Gasteiger partial charge in [0.2, 0.25) is 0 Å². The van der Waals surface area contributed by atoms with Crippen molar-refractivity contribution in [1.29, 1.82) is 0 Å². The molecule has 8 aliphatic rings. The third-order valence-electron chi connectivity index (χ3n) is 7.10. The van der Waals surface area contributed by atoms with E-state index < -0.39 is 194 Å². The monoisotopic (exact) mass is 974 g/mol. The van der Waals surface area contributed by atoms with Gasteiger partial charge in [-0.15, -0.1) is 0 Å². The maximum absolute atomic E-state index is 12.9. The van der Waals surface area contributed by atoms with Crippen molar-refractivity contribution in [1.82, 2.24) is 19.6 Å². The van der Waals surface area contributed by atoms with Crippen LogP contribution in [0.4, 0.5) is 0 Å². The molecular formula is C24H24Ge3N4O24. The second kappa shape index (κ2) is 15.7. The number of carbonyl (C=O) groups excluding carboxylic acids is 12. The molecule has 0 aromatic rings. The number of fused-ring (bicyclic) bond motifs is 12. The standard InChI is InChI=1S/C24H24Ge3N4O24/c32-13-1-28(5-17(36)48-26-50-19(38)7-30(8-20(39)51-26)9-21(40)52-26)2-14(33)45-25(44-13)46-15(34)3-29(4-16(35)47-25)6-18(37)49-27-53-22(41)10-31(11-23(42)54-27)12-24(43)55-27/h1-12H2. The van der Waals surface area contributed by atoms with E-state index in [0.29, 0.717) is 0 Å². The minimum atomic E-state index is -5.98. The third kappa shape index (κ3) is 10.3. The van der Waals surface area contributed by atoms with Gasteiger partial charge in [0.05, 0.1) is 0 Å². The first-order valence-electron chi connectivity index (χ1n) is 15.4. The van der Waals surface area contributed by atoms with Gasteiger partial charge in [-0.2, -0.15) is 0 Å². The van der Waals surface area contributed by atoms with E-state index in [1.807, 2.05) is 0 Å². The first-order valence-corrected chi connectivity index (χ1v) is 25.7. The molecule has 55 heavy (non-hydrogen) atoms. The summed E-state index contributed by atoms with van der Waals surface area (Å²) in [5.41, 5.74) is 0. The minimum absolute atomic E-state index is 0.525. The van der Waals surface area contributed by atoms with Crippen LogP contribution in [0.5, 0.6) is 0 Å². The fourth-order valence-electron chi connectivity index (χ4n) is 5.30. The summed E-state index contributed by atoms with van der Waals surface area (Å²) in [5.74, 6) is -14.4. The van der Waals surface area contributed by atoms with Crippen molar-refractivity contribution in [2.75, 3.05) is 78.5 Å². The van der Waals surface area contributed by atoms with Gasteiger partial charge < -0.3 is 0 Å². The molecule has 28 nitrogen and oxygen atoms in total. The SMILES string of the molecule is O=C(CN1CC(=O)[O][Ge]2([O]C(=O)C1)[O]C(=O)CN(CC(=O)[O][Ge]13[O]C(=O)CN(CC(=O)[O]1)CC(=O)[O]3)CC(=O)[O]2)[O][Ge]12[O]C(=O)CN(CC(=O)[O]1)CC(=O)[O]2. The van der Waals surface area contributed by atoms with Crippen LogP contribution in [0.3, 0.4) is 0 Å². The molecule has 0 radical (unpaired) electrons. The van der Waals surface area contributed by atoms with Gasteiger partial charge in [0.25, 0.3) is 0 Å². The Hall–Kier alpha value is -4.89. The molecule has 8 aliphatic heterocycles. The van der Waals surface area contributed by atoms with Crippen LogP contribution in [0.1, 0.15) is 0 Å². The van der Waals surface area contributed by atoms with Crippen LogP contribution in [0, 0.1) is 0 Å². The molecule has 31 heteroatoms. The fraction of sp³-hybridized carbons (Fsp3) is 0.500. The third-order valence-corrected chi connectivity index (χ3v) is 19.1. The van der Waals surface area contributed by atoms with Crippen LogP contribution in [0.25, 0.3) is 0 Å². The van der Waals surface area contributed by atoms with Gasteiger partial charge in [0.15, 0.2) is 0 Å². The summed E-state index contributed by atoms with van der Waals surface area (Å²) < 4.78 is 60.1. The van der Waals surface area contributed by atoms with Gasteiger partial charge in [-0.05, 0) is 0 Å². The average molecular weight is 970 g/mol. The van der Waals surface area contributed by atoms with Crippen molar-refractivity contribution in [2.45, 2.75) is 0 Å². The Balaban J connectivity index is 1.06. The van der Waals surface area contributed by atoms with E-state index in [9.17, 15) is 57.5 Å². The van der Waals surface area contributed by atoms with Crippen LogP contribution in [-0.2, 0) is 103 Å². The Bertz CT molecular complexity index is 1520. The Kier molecular flexibility index (Phi) is 11.4. The number of rotatable bonds is 6. The molecule has 8 saturated heterocycles. The van der Waals surface area contributed by atoms with Crippen LogP contribution >= 0.6 is 0 Å². The van der Waals surface area contributed by atoms with Crippen molar-refractivity contribution in [2.24, 2.45) is 0 Å². The molecule has 8 rings (SSSR count). The van der Waals surface area contributed by atoms with E-state index in [1.165, 1.54) is 0 Å². The topological polar surface area (TPSA) is 329 Å². The van der Waals surface area contributed by atoms with E-state index >= 15 is 0 Å². The summed E-state index contributed by atoms with van der Waals surface area (Å²) in [6.07, 6.45) is 0. The summed E-state index contributed by atoms with van der Waals surface area (Å²) >= 11 is -17.5. The number of nitrogens with zero attached hydrogens (tertiary/aromatic N) is 4. The van der Waals surface area contributed by atoms with E-state index in [1.54, 1.807) is 0 Å². The first kappa shape index (κ1) is 39.8. The molecule has 0 aliphatic carbocycles. The molecule has 0 atom stereocenters. The van der Waals surface area contributed by atoms with Gasteiger partial charge >= 0.3 is 316 Å². The Morgan fingerprint density at radius 3 is 0.836 bits per heavy atom. The van der Waals surface area contributed by atoms with Crippen molar-refractivity contribution in [3.05, 3.63) is 0 Å². The van der Waals surface area contributed by atoms with Crippen molar-refractivity contribution in [3.63, 3.8) is 0 Å². The molecule has 296 valence electrons. The van der Waals surface area contributed by atoms with Crippen LogP contribution < -0.4 is 0 Å². The Morgan fingerprint density at radius 1 is 0.382 bits per heavy atom. The molecule has 8 heterocycles. The van der Waals surface area contributed by atoms with E-state index in [2.05, 4.69) is 0 Å². The summed E-state index contributed by atoms with van der Waals surface area (Å²) in [6.45, 7) is -8.88. The van der Waals surface area contributed by atoms with Gasteiger partial charge in [-0.3, -0.25) is 0 Å². The summed E-state index contributed by atoms with van der Waals surface area (Å²) in [5, 5.41) is 0. The zero-order valence-corrected chi connectivity index (χ0v) is 33.9. The molecule has 8 fully saturated rings. The predicted molar refractivity (Wildman–Crippen MR) is 156 cm³/mol. The predicted octanol–water partition coefficient (Wildman–Crippen LogP) is -7.90. The van der Waals surface area contributed by atoms with Gasteiger partial charge in [0.1, 0.15) is 0 Å². The number of hydrogen-bond donors (Lipinski definition) is 0. The van der Waals surface area contributed by atoms with Crippen LogP contribution in [0.15, 0.2) is 0 Å². The van der Waals surface area contributed by atoms with Crippen molar-refractivity contribution in [3.8, 4) is 0 Å². The molecule has 0 saturated carbocycles. The second-order valence-electron chi connectivity index (χ2n) is 11.8. The van der Waals surface area contributed by atoms with E-state index in [4.69, 9.17) is 45.2 Å².